The normalized spacial score (nSPS) is 10.2. The maximum absolute atomic E-state index is 5.47. The van der Waals surface area contributed by atoms with E-state index in [-0.39, 0.29) is 0 Å². The number of hydrogen-bond donors (Lipinski definition) is 1. The molecule has 3 heteroatoms. The average molecular weight is 182 g/mol. The molecule has 0 atom stereocenters. The van der Waals surface area contributed by atoms with Crippen molar-refractivity contribution in [3.05, 3.63) is 23.5 Å². The number of rotatable bonds is 3. The molecule has 2 N–H and O–H groups in total. The van der Waals surface area contributed by atoms with E-state index in [4.69, 9.17) is 5.73 Å². The van der Waals surface area contributed by atoms with Crippen molar-refractivity contribution in [2.45, 2.75) is 25.3 Å². The van der Waals surface area contributed by atoms with Crippen LogP contribution in [0.3, 0.4) is 0 Å². The molecule has 0 aliphatic carbocycles. The van der Waals surface area contributed by atoms with E-state index in [0.717, 1.165) is 17.1 Å². The third kappa shape index (κ3) is 2.22. The quantitative estimate of drug-likeness (QED) is 0.726. The minimum absolute atomic E-state index is 0.526. The van der Waals surface area contributed by atoms with Gasteiger partial charge in [0.2, 0.25) is 0 Å². The summed E-state index contributed by atoms with van der Waals surface area (Å²) < 4.78 is 0. The van der Waals surface area contributed by atoms with Crippen LogP contribution in [0, 0.1) is 6.92 Å². The molecule has 1 aromatic heterocycles. The fraction of sp³-hybridized carbons (Fsp3) is 0.444. The molecule has 0 saturated heterocycles. The first-order chi connectivity index (χ1) is 5.77. The van der Waals surface area contributed by atoms with Crippen LogP contribution in [0.2, 0.25) is 0 Å². The lowest BCUT2D eigenvalue weighted by Crippen LogP contribution is -2.00. The summed E-state index contributed by atoms with van der Waals surface area (Å²) in [7, 11) is 0. The standard InChI is InChI=1S/C9H14N2S/c1-3-12-9-5-4-8(6-10)11-7(9)2/h4-5H,3,6,10H2,1-2H3. The molecule has 0 aromatic carbocycles. The van der Waals surface area contributed by atoms with E-state index >= 15 is 0 Å². The summed E-state index contributed by atoms with van der Waals surface area (Å²) in [6, 6.07) is 4.09. The highest BCUT2D eigenvalue weighted by atomic mass is 32.2. The summed E-state index contributed by atoms with van der Waals surface area (Å²) in [5, 5.41) is 0. The van der Waals surface area contributed by atoms with Gasteiger partial charge >= 0.3 is 0 Å². The second kappa shape index (κ2) is 4.48. The van der Waals surface area contributed by atoms with Gasteiger partial charge in [-0.3, -0.25) is 4.98 Å². The lowest BCUT2D eigenvalue weighted by atomic mass is 10.3. The van der Waals surface area contributed by atoms with Gasteiger partial charge in [-0.15, -0.1) is 11.8 Å². The van der Waals surface area contributed by atoms with Gasteiger partial charge in [-0.2, -0.15) is 0 Å². The van der Waals surface area contributed by atoms with Crippen molar-refractivity contribution in [1.82, 2.24) is 4.98 Å². The van der Waals surface area contributed by atoms with E-state index in [1.807, 2.05) is 24.8 Å². The Morgan fingerprint density at radius 3 is 2.75 bits per heavy atom. The van der Waals surface area contributed by atoms with Crippen LogP contribution >= 0.6 is 11.8 Å². The number of aryl methyl sites for hydroxylation is 1. The highest BCUT2D eigenvalue weighted by Gasteiger charge is 1.99. The molecular weight excluding hydrogens is 168 g/mol. The summed E-state index contributed by atoms with van der Waals surface area (Å²) in [5.74, 6) is 1.09. The molecule has 1 aromatic rings. The third-order valence-electron chi connectivity index (χ3n) is 1.60. The van der Waals surface area contributed by atoms with Crippen molar-refractivity contribution in [2.75, 3.05) is 5.75 Å². The summed E-state index contributed by atoms with van der Waals surface area (Å²) >= 11 is 1.82. The van der Waals surface area contributed by atoms with Crippen LogP contribution in [-0.4, -0.2) is 10.7 Å². The molecule has 0 amide bonds. The molecule has 2 nitrogen and oxygen atoms in total. The number of nitrogens with two attached hydrogens (primary N) is 1. The van der Waals surface area contributed by atoms with Gasteiger partial charge in [-0.05, 0) is 24.8 Å². The number of nitrogens with zero attached hydrogens (tertiary/aromatic N) is 1. The van der Waals surface area contributed by atoms with Crippen molar-refractivity contribution >= 4 is 11.8 Å². The molecule has 12 heavy (non-hydrogen) atoms. The lowest BCUT2D eigenvalue weighted by molar-refractivity contribution is 0.947. The van der Waals surface area contributed by atoms with Crippen molar-refractivity contribution in [3.8, 4) is 0 Å². The van der Waals surface area contributed by atoms with Crippen LogP contribution in [0.25, 0.3) is 0 Å². The Hall–Kier alpha value is -0.540. The topological polar surface area (TPSA) is 38.9 Å². The minimum atomic E-state index is 0.526. The van der Waals surface area contributed by atoms with Crippen molar-refractivity contribution in [1.29, 1.82) is 0 Å². The fourth-order valence-corrected chi connectivity index (χ4v) is 1.75. The number of thioether (sulfide) groups is 1. The van der Waals surface area contributed by atoms with E-state index < -0.39 is 0 Å². The van der Waals surface area contributed by atoms with Gasteiger partial charge in [0, 0.05) is 11.4 Å². The van der Waals surface area contributed by atoms with Crippen LogP contribution in [0.4, 0.5) is 0 Å². The first-order valence-electron chi connectivity index (χ1n) is 4.07. The van der Waals surface area contributed by atoms with E-state index in [2.05, 4.69) is 18.0 Å². The Bertz CT molecular complexity index is 261. The van der Waals surface area contributed by atoms with Crippen LogP contribution in [0.15, 0.2) is 17.0 Å². The molecule has 0 aliphatic rings. The Kier molecular flexibility index (Phi) is 3.56. The van der Waals surface area contributed by atoms with E-state index in [1.165, 1.54) is 4.90 Å². The third-order valence-corrected chi connectivity index (χ3v) is 2.64. The summed E-state index contributed by atoms with van der Waals surface area (Å²) in [6.07, 6.45) is 0. The van der Waals surface area contributed by atoms with Gasteiger partial charge < -0.3 is 5.73 Å². The van der Waals surface area contributed by atoms with Gasteiger partial charge in [0.25, 0.3) is 0 Å². The van der Waals surface area contributed by atoms with Gasteiger partial charge in [-0.25, -0.2) is 0 Å². The molecule has 0 bridgehead atoms. The Morgan fingerprint density at radius 2 is 2.25 bits per heavy atom. The largest absolute Gasteiger partial charge is 0.325 e. The van der Waals surface area contributed by atoms with Gasteiger partial charge in [0.05, 0.1) is 11.4 Å². The zero-order valence-corrected chi connectivity index (χ0v) is 8.32. The molecule has 0 unspecified atom stereocenters. The van der Waals surface area contributed by atoms with Crippen LogP contribution in [0.1, 0.15) is 18.3 Å². The molecule has 66 valence electrons. The SMILES string of the molecule is CCSc1ccc(CN)nc1C. The van der Waals surface area contributed by atoms with Crippen molar-refractivity contribution < 1.29 is 0 Å². The predicted molar refractivity (Wildman–Crippen MR) is 53.3 cm³/mol. The Morgan fingerprint density at radius 1 is 1.50 bits per heavy atom. The zero-order chi connectivity index (χ0) is 8.97. The van der Waals surface area contributed by atoms with Crippen LogP contribution in [0.5, 0.6) is 0 Å². The lowest BCUT2D eigenvalue weighted by Gasteiger charge is -2.04. The average Bonchev–Trinajstić information content (AvgIpc) is 2.09. The van der Waals surface area contributed by atoms with E-state index in [0.29, 0.717) is 6.54 Å². The molecule has 0 radical (unpaired) electrons. The predicted octanol–water partition coefficient (Wildman–Crippen LogP) is 1.96. The first kappa shape index (κ1) is 9.55. The molecule has 0 saturated carbocycles. The number of aromatic nitrogens is 1. The molecule has 1 rings (SSSR count). The molecule has 1 heterocycles. The fourth-order valence-electron chi connectivity index (χ4n) is 1.02. The van der Waals surface area contributed by atoms with E-state index in [9.17, 15) is 0 Å². The Labute approximate surface area is 77.6 Å². The van der Waals surface area contributed by atoms with Crippen LogP contribution < -0.4 is 5.73 Å². The maximum Gasteiger partial charge on any atom is 0.0543 e. The van der Waals surface area contributed by atoms with Crippen LogP contribution in [-0.2, 0) is 6.54 Å². The zero-order valence-electron chi connectivity index (χ0n) is 7.50. The maximum atomic E-state index is 5.47. The van der Waals surface area contributed by atoms with Gasteiger partial charge in [0.15, 0.2) is 0 Å². The first-order valence-corrected chi connectivity index (χ1v) is 5.06. The minimum Gasteiger partial charge on any atom is -0.325 e. The molecule has 0 spiro atoms. The highest BCUT2D eigenvalue weighted by molar-refractivity contribution is 7.99. The monoisotopic (exact) mass is 182 g/mol. The van der Waals surface area contributed by atoms with Gasteiger partial charge in [0.1, 0.15) is 0 Å². The van der Waals surface area contributed by atoms with Crippen molar-refractivity contribution in [3.63, 3.8) is 0 Å². The summed E-state index contributed by atoms with van der Waals surface area (Å²) in [5.41, 5.74) is 7.53. The molecular formula is C9H14N2S. The molecule has 0 fully saturated rings. The molecule has 0 aliphatic heterocycles. The number of pyridine rings is 1. The highest BCUT2D eigenvalue weighted by Crippen LogP contribution is 2.20. The smallest absolute Gasteiger partial charge is 0.0543 e. The second-order valence-corrected chi connectivity index (χ2v) is 3.83. The summed E-state index contributed by atoms with van der Waals surface area (Å²) in [4.78, 5) is 5.62. The Balaban J connectivity index is 2.87. The number of hydrogen-bond acceptors (Lipinski definition) is 3. The summed E-state index contributed by atoms with van der Waals surface area (Å²) in [6.45, 7) is 4.69. The second-order valence-electron chi connectivity index (χ2n) is 2.52. The van der Waals surface area contributed by atoms with Gasteiger partial charge in [-0.1, -0.05) is 6.92 Å². The van der Waals surface area contributed by atoms with Crippen molar-refractivity contribution in [2.24, 2.45) is 5.73 Å². The van der Waals surface area contributed by atoms with E-state index in [1.54, 1.807) is 0 Å².